The molecule has 2 saturated carbocycles. The number of phenolic OH excluding ortho intramolecular Hbond substituents is 2. The van der Waals surface area contributed by atoms with Crippen molar-refractivity contribution in [1.29, 1.82) is 0 Å². The molecule has 2 N–H and O–H groups in total. The van der Waals surface area contributed by atoms with Gasteiger partial charge in [0, 0.05) is 11.1 Å². The van der Waals surface area contributed by atoms with Gasteiger partial charge in [0.15, 0.2) is 34.8 Å². The molecule has 0 aromatic heterocycles. The second-order valence-electron chi connectivity index (χ2n) is 10.9. The number of ether oxygens (including phenoxy) is 1. The van der Waals surface area contributed by atoms with Crippen LogP contribution in [0, 0.1) is 40.8 Å². The monoisotopic (exact) mass is 578 g/mol. The van der Waals surface area contributed by atoms with Crippen LogP contribution in [0.2, 0.25) is 0 Å². The van der Waals surface area contributed by atoms with Gasteiger partial charge in [-0.2, -0.15) is 8.78 Å². The van der Waals surface area contributed by atoms with Crippen LogP contribution in [0.15, 0.2) is 36.4 Å². The molecule has 5 rings (SSSR count). The molecule has 0 saturated heterocycles. The molecule has 41 heavy (non-hydrogen) atoms. The molecule has 10 heteroatoms. The summed E-state index contributed by atoms with van der Waals surface area (Å²) < 4.78 is 91.6. The summed E-state index contributed by atoms with van der Waals surface area (Å²) in [4.78, 5) is 12.8. The fourth-order valence-corrected chi connectivity index (χ4v) is 6.10. The number of rotatable bonds is 5. The lowest BCUT2D eigenvalue weighted by molar-refractivity contribution is -0.157. The third-order valence-corrected chi connectivity index (χ3v) is 8.45. The van der Waals surface area contributed by atoms with E-state index in [1.807, 2.05) is 0 Å². The van der Waals surface area contributed by atoms with E-state index in [0.29, 0.717) is 51.4 Å². The highest BCUT2D eigenvalue weighted by Crippen LogP contribution is 2.41. The van der Waals surface area contributed by atoms with Crippen molar-refractivity contribution >= 4 is 5.97 Å². The van der Waals surface area contributed by atoms with E-state index in [9.17, 15) is 37.0 Å². The van der Waals surface area contributed by atoms with E-state index >= 15 is 4.39 Å². The number of esters is 1. The molecule has 0 unspecified atom stereocenters. The zero-order chi connectivity index (χ0) is 29.4. The zero-order valence-corrected chi connectivity index (χ0v) is 21.9. The fraction of sp³-hybridized carbons (Fsp3) is 0.387. The van der Waals surface area contributed by atoms with E-state index in [0.717, 1.165) is 18.2 Å². The summed E-state index contributed by atoms with van der Waals surface area (Å²) in [6.45, 7) is 0. The van der Waals surface area contributed by atoms with Crippen molar-refractivity contribution in [3.8, 4) is 22.6 Å². The summed E-state index contributed by atoms with van der Waals surface area (Å²) in [7, 11) is 0. The first kappa shape index (κ1) is 28.8. The largest absolute Gasteiger partial charge is 0.505 e. The Bertz CT molecular complexity index is 1460. The molecule has 2 aliphatic rings. The minimum atomic E-state index is -1.55. The van der Waals surface area contributed by atoms with Crippen LogP contribution >= 0.6 is 0 Å². The van der Waals surface area contributed by atoms with Crippen LogP contribution in [0.5, 0.6) is 11.5 Å². The normalized spacial score (nSPS) is 22.9. The number of hydrogen-bond donors (Lipinski definition) is 2. The number of hydrogen-bond acceptors (Lipinski definition) is 4. The van der Waals surface area contributed by atoms with Gasteiger partial charge in [-0.3, -0.25) is 4.79 Å². The molecule has 2 fully saturated rings. The molecule has 3 aromatic carbocycles. The van der Waals surface area contributed by atoms with Crippen LogP contribution in [-0.2, 0) is 9.53 Å². The molecule has 0 aliphatic heterocycles. The Kier molecular flexibility index (Phi) is 8.20. The Hall–Kier alpha value is -3.69. The molecule has 0 atom stereocenters. The van der Waals surface area contributed by atoms with Gasteiger partial charge in [0.25, 0.3) is 0 Å². The lowest BCUT2D eigenvalue weighted by Gasteiger charge is -2.32. The number of phenols is 2. The third-order valence-electron chi connectivity index (χ3n) is 8.45. The van der Waals surface area contributed by atoms with Gasteiger partial charge in [0.1, 0.15) is 6.10 Å². The third kappa shape index (κ3) is 5.61. The van der Waals surface area contributed by atoms with E-state index in [4.69, 9.17) is 4.74 Å². The first-order valence-electron chi connectivity index (χ1n) is 13.6. The van der Waals surface area contributed by atoms with Gasteiger partial charge >= 0.3 is 5.97 Å². The summed E-state index contributed by atoms with van der Waals surface area (Å²) >= 11 is 0. The minimum Gasteiger partial charge on any atom is -0.505 e. The molecular formula is C31H28F6O4. The standard InChI is InChI=1S/C31H28F6O4/c32-25-19(9-10-21(27(25)34)22-12-14-24(39)30(37)28(22)35)15-1-3-17(4-2-15)31(40)41-18-7-5-16(6-8-18)20-11-13-23(38)29(36)26(20)33/h9-18,38-39H,1-8H2. The second-order valence-corrected chi connectivity index (χ2v) is 10.9. The predicted octanol–water partition coefficient (Wildman–Crippen LogP) is 8.14. The Morgan fingerprint density at radius 2 is 0.976 bits per heavy atom. The molecule has 0 heterocycles. The van der Waals surface area contributed by atoms with E-state index < -0.39 is 63.4 Å². The van der Waals surface area contributed by atoms with Crippen LogP contribution in [0.4, 0.5) is 26.3 Å². The zero-order valence-electron chi connectivity index (χ0n) is 21.9. The first-order chi connectivity index (χ1) is 19.6. The number of carbonyl (C=O) groups excluding carboxylic acids is 1. The highest BCUT2D eigenvalue weighted by atomic mass is 19.2. The predicted molar refractivity (Wildman–Crippen MR) is 137 cm³/mol. The van der Waals surface area contributed by atoms with Crippen molar-refractivity contribution in [2.24, 2.45) is 5.92 Å². The number of carbonyl (C=O) groups is 1. The van der Waals surface area contributed by atoms with Crippen LogP contribution in [0.3, 0.4) is 0 Å². The Labute approximate surface area is 232 Å². The second kappa shape index (κ2) is 11.7. The number of benzene rings is 3. The molecule has 0 radical (unpaired) electrons. The molecule has 0 bridgehead atoms. The Morgan fingerprint density at radius 1 is 0.561 bits per heavy atom. The van der Waals surface area contributed by atoms with E-state index in [1.54, 1.807) is 0 Å². The lowest BCUT2D eigenvalue weighted by atomic mass is 9.78. The van der Waals surface area contributed by atoms with Crippen molar-refractivity contribution in [3.05, 3.63) is 82.4 Å². The van der Waals surface area contributed by atoms with Crippen LogP contribution in [0.25, 0.3) is 11.1 Å². The Morgan fingerprint density at radius 3 is 1.56 bits per heavy atom. The van der Waals surface area contributed by atoms with Gasteiger partial charge in [-0.15, -0.1) is 0 Å². The molecule has 4 nitrogen and oxygen atoms in total. The SMILES string of the molecule is O=C(OC1CCC(c2ccc(O)c(F)c2F)CC1)C1CCC(c2ccc(-c3ccc(O)c(F)c3F)c(F)c2F)CC1. The van der Waals surface area contributed by atoms with E-state index in [-0.39, 0.29) is 35.0 Å². The average Bonchev–Trinajstić information content (AvgIpc) is 2.97. The van der Waals surface area contributed by atoms with Crippen LogP contribution in [0.1, 0.15) is 74.3 Å². The highest BCUT2D eigenvalue weighted by molar-refractivity contribution is 5.73. The van der Waals surface area contributed by atoms with E-state index in [2.05, 4.69) is 0 Å². The van der Waals surface area contributed by atoms with E-state index in [1.165, 1.54) is 18.2 Å². The summed E-state index contributed by atoms with van der Waals surface area (Å²) in [5.74, 6) is -10.9. The van der Waals surface area contributed by atoms with Gasteiger partial charge in [-0.1, -0.05) is 18.2 Å². The van der Waals surface area contributed by atoms with Gasteiger partial charge in [0.2, 0.25) is 11.6 Å². The maximum atomic E-state index is 15.0. The number of aromatic hydroxyl groups is 2. The van der Waals surface area contributed by atoms with Crippen molar-refractivity contribution in [2.45, 2.75) is 69.3 Å². The van der Waals surface area contributed by atoms with Crippen LogP contribution in [-0.4, -0.2) is 22.3 Å². The summed E-state index contributed by atoms with van der Waals surface area (Å²) in [5, 5.41) is 18.6. The van der Waals surface area contributed by atoms with Crippen LogP contribution < -0.4 is 0 Å². The quantitative estimate of drug-likeness (QED) is 0.237. The van der Waals surface area contributed by atoms with Crippen molar-refractivity contribution < 1.29 is 46.1 Å². The van der Waals surface area contributed by atoms with Gasteiger partial charge < -0.3 is 14.9 Å². The molecule has 3 aromatic rings. The summed E-state index contributed by atoms with van der Waals surface area (Å²) in [6, 6.07) is 6.85. The fourth-order valence-electron chi connectivity index (χ4n) is 6.10. The molecule has 0 amide bonds. The topological polar surface area (TPSA) is 66.8 Å². The summed E-state index contributed by atoms with van der Waals surface area (Å²) in [5.41, 5.74) is -0.688. The Balaban J connectivity index is 1.16. The summed E-state index contributed by atoms with van der Waals surface area (Å²) in [6.07, 6.45) is 3.19. The minimum absolute atomic E-state index is 0.0916. The number of halogens is 6. The van der Waals surface area contributed by atoms with Gasteiger partial charge in [-0.05, 0) is 92.5 Å². The van der Waals surface area contributed by atoms with Gasteiger partial charge in [0.05, 0.1) is 5.92 Å². The van der Waals surface area contributed by atoms with Crippen molar-refractivity contribution in [2.75, 3.05) is 0 Å². The first-order valence-corrected chi connectivity index (χ1v) is 13.6. The highest BCUT2D eigenvalue weighted by Gasteiger charge is 2.34. The van der Waals surface area contributed by atoms with Crippen molar-refractivity contribution in [1.82, 2.24) is 0 Å². The molecule has 0 spiro atoms. The lowest BCUT2D eigenvalue weighted by Crippen LogP contribution is -2.29. The maximum Gasteiger partial charge on any atom is 0.309 e. The van der Waals surface area contributed by atoms with Gasteiger partial charge in [-0.25, -0.2) is 17.6 Å². The molecule has 2 aliphatic carbocycles. The molecule has 218 valence electrons. The smallest absolute Gasteiger partial charge is 0.309 e. The average molecular weight is 579 g/mol. The van der Waals surface area contributed by atoms with Crippen molar-refractivity contribution in [3.63, 3.8) is 0 Å². The maximum absolute atomic E-state index is 15.0. The molecular weight excluding hydrogens is 550 g/mol.